The molecule has 8 heteroatoms. The van der Waals surface area contributed by atoms with E-state index in [1.165, 1.54) is 12.0 Å². The smallest absolute Gasteiger partial charge is 0.240 e. The first-order valence-electron chi connectivity index (χ1n) is 10.5. The van der Waals surface area contributed by atoms with Crippen molar-refractivity contribution in [2.45, 2.75) is 29.4 Å². The first-order chi connectivity index (χ1) is 15.5. The monoisotopic (exact) mass is 486 g/mol. The van der Waals surface area contributed by atoms with Crippen molar-refractivity contribution in [3.63, 3.8) is 0 Å². The molecule has 1 aliphatic rings. The highest BCUT2D eigenvalue weighted by Crippen LogP contribution is 2.48. The van der Waals surface area contributed by atoms with Crippen molar-refractivity contribution in [3.05, 3.63) is 65.4 Å². The molecule has 168 valence electrons. The molecule has 2 heterocycles. The Bertz CT molecular complexity index is 1250. The van der Waals surface area contributed by atoms with Crippen molar-refractivity contribution in [1.29, 1.82) is 0 Å². The van der Waals surface area contributed by atoms with Gasteiger partial charge in [0.15, 0.2) is 0 Å². The summed E-state index contributed by atoms with van der Waals surface area (Å²) in [6.07, 6.45) is 1.20. The van der Waals surface area contributed by atoms with Crippen LogP contribution in [0.4, 0.5) is 0 Å². The van der Waals surface area contributed by atoms with Crippen LogP contribution in [0.15, 0.2) is 53.4 Å². The predicted molar refractivity (Wildman–Crippen MR) is 135 cm³/mol. The molecule has 1 saturated heterocycles. The average molecular weight is 487 g/mol. The molecule has 4 rings (SSSR count). The molecule has 2 aromatic carbocycles. The maximum absolute atomic E-state index is 12.7. The number of thioether (sulfide) groups is 2. The Hall–Kier alpha value is -1.89. The summed E-state index contributed by atoms with van der Waals surface area (Å²) in [5.41, 5.74) is 4.09. The first kappa shape index (κ1) is 23.3. The van der Waals surface area contributed by atoms with Crippen LogP contribution in [0.2, 0.25) is 0 Å². The summed E-state index contributed by atoms with van der Waals surface area (Å²) in [6.45, 7) is 2.40. The molecule has 0 saturated carbocycles. The number of aliphatic hydroxyl groups excluding tert-OH is 1. The van der Waals surface area contributed by atoms with E-state index in [9.17, 15) is 13.5 Å². The minimum absolute atomic E-state index is 0.216. The number of aryl methyl sites for hydroxylation is 1. The van der Waals surface area contributed by atoms with Crippen LogP contribution in [0.3, 0.4) is 0 Å². The van der Waals surface area contributed by atoms with E-state index in [0.717, 1.165) is 33.7 Å². The van der Waals surface area contributed by atoms with E-state index in [-0.39, 0.29) is 22.6 Å². The van der Waals surface area contributed by atoms with Gasteiger partial charge in [-0.2, -0.15) is 0 Å². The number of aliphatic hydroxyl groups is 1. The lowest BCUT2D eigenvalue weighted by molar-refractivity contribution is 0.350. The summed E-state index contributed by atoms with van der Waals surface area (Å²) in [5.74, 6) is 8.20. The number of hydrogen-bond acceptors (Lipinski definition) is 5. The fourth-order valence-corrected chi connectivity index (χ4v) is 7.83. The highest BCUT2D eigenvalue weighted by Gasteiger charge is 2.26. The summed E-state index contributed by atoms with van der Waals surface area (Å²) in [7, 11) is -3.59. The Labute approximate surface area is 198 Å². The van der Waals surface area contributed by atoms with E-state index in [1.54, 1.807) is 24.3 Å². The Morgan fingerprint density at radius 2 is 1.84 bits per heavy atom. The Balaban J connectivity index is 1.66. The maximum atomic E-state index is 12.7. The summed E-state index contributed by atoms with van der Waals surface area (Å²) < 4.78 is 30.5. The van der Waals surface area contributed by atoms with Crippen LogP contribution >= 0.6 is 23.5 Å². The predicted octanol–water partition coefficient (Wildman–Crippen LogP) is 4.14. The zero-order valence-electron chi connectivity index (χ0n) is 17.9. The molecule has 0 amide bonds. The highest BCUT2D eigenvalue weighted by atomic mass is 32.2. The summed E-state index contributed by atoms with van der Waals surface area (Å²) >= 11 is 3.85. The van der Waals surface area contributed by atoms with E-state index in [1.807, 2.05) is 42.6 Å². The van der Waals surface area contributed by atoms with Crippen molar-refractivity contribution >= 4 is 44.4 Å². The van der Waals surface area contributed by atoms with Crippen molar-refractivity contribution in [2.75, 3.05) is 24.7 Å². The van der Waals surface area contributed by atoms with Crippen LogP contribution in [-0.2, 0) is 16.6 Å². The van der Waals surface area contributed by atoms with Gasteiger partial charge in [-0.15, -0.1) is 23.5 Å². The quantitative estimate of drug-likeness (QED) is 0.513. The van der Waals surface area contributed by atoms with Crippen LogP contribution in [-0.4, -0.2) is 42.7 Å². The van der Waals surface area contributed by atoms with Gasteiger partial charge in [-0.05, 0) is 49.0 Å². The number of benzene rings is 2. The number of nitrogens with one attached hydrogen (secondary N) is 1. The Morgan fingerprint density at radius 3 is 2.56 bits per heavy atom. The molecule has 0 spiro atoms. The molecule has 0 aliphatic carbocycles. The van der Waals surface area contributed by atoms with Crippen molar-refractivity contribution in [1.82, 2.24) is 9.29 Å². The van der Waals surface area contributed by atoms with E-state index >= 15 is 0 Å². The summed E-state index contributed by atoms with van der Waals surface area (Å²) in [6, 6.07) is 15.0. The third-order valence-corrected chi connectivity index (χ3v) is 9.74. The van der Waals surface area contributed by atoms with E-state index in [4.69, 9.17) is 0 Å². The SMILES string of the molecule is Cc1ccc(S(=O)(=O)NCCn2c(C#CCO)c(C3SCCCS3)c3ccccc32)cc1. The van der Waals surface area contributed by atoms with Gasteiger partial charge in [0.1, 0.15) is 6.61 Å². The summed E-state index contributed by atoms with van der Waals surface area (Å²) in [5, 5.41) is 10.5. The number of para-hydroxylation sites is 1. The van der Waals surface area contributed by atoms with Gasteiger partial charge in [0.25, 0.3) is 0 Å². The number of nitrogens with zero attached hydrogens (tertiary/aromatic N) is 1. The van der Waals surface area contributed by atoms with Crippen LogP contribution in [0.5, 0.6) is 0 Å². The molecule has 1 aromatic heterocycles. The molecule has 0 atom stereocenters. The molecule has 0 bridgehead atoms. The molecule has 1 aliphatic heterocycles. The lowest BCUT2D eigenvalue weighted by atomic mass is 10.1. The minimum atomic E-state index is -3.59. The van der Waals surface area contributed by atoms with Gasteiger partial charge in [-0.1, -0.05) is 41.8 Å². The zero-order chi connectivity index (χ0) is 22.6. The number of sulfonamides is 1. The van der Waals surface area contributed by atoms with Gasteiger partial charge in [0.05, 0.1) is 15.2 Å². The van der Waals surface area contributed by atoms with Crippen LogP contribution in [0, 0.1) is 18.8 Å². The van der Waals surface area contributed by atoms with Crippen molar-refractivity contribution < 1.29 is 13.5 Å². The van der Waals surface area contributed by atoms with E-state index < -0.39 is 10.0 Å². The van der Waals surface area contributed by atoms with Crippen molar-refractivity contribution in [3.8, 4) is 11.8 Å². The molecule has 1 fully saturated rings. The van der Waals surface area contributed by atoms with Gasteiger partial charge in [0, 0.05) is 29.6 Å². The second kappa shape index (κ2) is 10.4. The summed E-state index contributed by atoms with van der Waals surface area (Å²) in [4.78, 5) is 0.261. The largest absolute Gasteiger partial charge is 0.384 e. The number of rotatable bonds is 6. The van der Waals surface area contributed by atoms with Crippen LogP contribution in [0.1, 0.15) is 27.8 Å². The average Bonchev–Trinajstić information content (AvgIpc) is 3.12. The molecule has 3 aromatic rings. The molecule has 0 radical (unpaired) electrons. The minimum Gasteiger partial charge on any atom is -0.384 e. The van der Waals surface area contributed by atoms with Gasteiger partial charge in [-0.25, -0.2) is 13.1 Å². The Morgan fingerprint density at radius 1 is 1.12 bits per heavy atom. The van der Waals surface area contributed by atoms with Gasteiger partial charge in [-0.3, -0.25) is 0 Å². The molecule has 5 nitrogen and oxygen atoms in total. The second-order valence-electron chi connectivity index (χ2n) is 7.53. The maximum Gasteiger partial charge on any atom is 0.240 e. The van der Waals surface area contributed by atoms with Crippen molar-refractivity contribution in [2.24, 2.45) is 0 Å². The number of aromatic nitrogens is 1. The van der Waals surface area contributed by atoms with Gasteiger partial charge < -0.3 is 9.67 Å². The lowest BCUT2D eigenvalue weighted by Crippen LogP contribution is -2.27. The lowest BCUT2D eigenvalue weighted by Gasteiger charge is -2.21. The molecular formula is C24H26N2O3S3. The third kappa shape index (κ3) is 5.03. The molecule has 2 N–H and O–H groups in total. The van der Waals surface area contributed by atoms with Crippen LogP contribution in [0.25, 0.3) is 10.9 Å². The van der Waals surface area contributed by atoms with Gasteiger partial charge in [0.2, 0.25) is 10.0 Å². The third-order valence-electron chi connectivity index (χ3n) is 5.32. The standard InChI is InChI=1S/C24H26N2O3S3/c1-18-9-11-19(12-10-18)32(28,29)25-13-14-26-21-7-3-2-6-20(21)23(22(26)8-4-15-27)24-30-16-5-17-31-24/h2-3,6-7,9-12,24-25,27H,5,13-17H2,1H3. The molecule has 0 unspecified atom stereocenters. The van der Waals surface area contributed by atoms with E-state index in [0.29, 0.717) is 6.54 Å². The fourth-order valence-electron chi connectivity index (χ4n) is 3.81. The zero-order valence-corrected chi connectivity index (χ0v) is 20.3. The fraction of sp³-hybridized carbons (Fsp3) is 0.333. The molecule has 32 heavy (non-hydrogen) atoms. The molecular weight excluding hydrogens is 460 g/mol. The van der Waals surface area contributed by atoms with Gasteiger partial charge >= 0.3 is 0 Å². The van der Waals surface area contributed by atoms with E-state index in [2.05, 4.69) is 33.3 Å². The number of hydrogen-bond donors (Lipinski definition) is 2. The highest BCUT2D eigenvalue weighted by molar-refractivity contribution is 8.16. The van der Waals surface area contributed by atoms with Crippen LogP contribution < -0.4 is 4.72 Å². The normalized spacial score (nSPS) is 14.9. The second-order valence-corrected chi connectivity index (χ2v) is 12.0. The number of fused-ring (bicyclic) bond motifs is 1. The Kier molecular flexibility index (Phi) is 7.54. The first-order valence-corrected chi connectivity index (χ1v) is 14.1. The topological polar surface area (TPSA) is 71.3 Å².